The molecule has 0 spiro atoms. The summed E-state index contributed by atoms with van der Waals surface area (Å²) in [6, 6.07) is 0. The number of aliphatic imine (C=N–C) groups is 1. The second kappa shape index (κ2) is 7.42. The molecule has 0 unspecified atom stereocenters. The summed E-state index contributed by atoms with van der Waals surface area (Å²) in [4.78, 5) is 8.03. The summed E-state index contributed by atoms with van der Waals surface area (Å²) in [5.74, 6) is 1.18. The molecule has 0 aliphatic rings. The molecule has 8 N–H and O–H groups in total. The molecule has 1 aromatic heterocycles. The van der Waals surface area contributed by atoms with Gasteiger partial charge in [0.2, 0.25) is 5.13 Å². The van der Waals surface area contributed by atoms with Crippen LogP contribution in [0.25, 0.3) is 0 Å². The molecule has 0 fully saturated rings. The molecule has 0 radical (unpaired) electrons. The molecule has 9 nitrogen and oxygen atoms in total. The van der Waals surface area contributed by atoms with E-state index < -0.39 is 10.2 Å². The van der Waals surface area contributed by atoms with Crippen molar-refractivity contribution in [2.24, 2.45) is 31.7 Å². The van der Waals surface area contributed by atoms with E-state index in [1.807, 2.05) is 5.38 Å². The van der Waals surface area contributed by atoms with Crippen LogP contribution in [-0.2, 0) is 16.0 Å². The van der Waals surface area contributed by atoms with Gasteiger partial charge in [0.05, 0.1) is 5.69 Å². The molecule has 0 amide bonds. The minimum atomic E-state index is -3.92. The topological polar surface area (TPSA) is 176 Å². The van der Waals surface area contributed by atoms with Crippen molar-refractivity contribution in [3.8, 4) is 0 Å². The minimum absolute atomic E-state index is 0.0144. The fourth-order valence-electron chi connectivity index (χ4n) is 1.09. The lowest BCUT2D eigenvalue weighted by Crippen LogP contribution is -2.21. The average molecular weight is 340 g/mol. The quantitative estimate of drug-likeness (QED) is 0.218. The third kappa shape index (κ3) is 7.28. The number of nitrogens with zero attached hydrogens (tertiary/aromatic N) is 3. The Kier molecular flexibility index (Phi) is 6.19. The summed E-state index contributed by atoms with van der Waals surface area (Å²) in [6.45, 7) is 0. The van der Waals surface area contributed by atoms with Gasteiger partial charge in [0, 0.05) is 23.3 Å². The van der Waals surface area contributed by atoms with Crippen molar-refractivity contribution in [3.63, 3.8) is 0 Å². The number of thiazole rings is 1. The van der Waals surface area contributed by atoms with Crippen LogP contribution < -0.4 is 22.3 Å². The van der Waals surface area contributed by atoms with Gasteiger partial charge >= 0.3 is 10.2 Å². The zero-order valence-corrected chi connectivity index (χ0v) is 12.8. The molecule has 1 heterocycles. The van der Waals surface area contributed by atoms with Crippen LogP contribution in [0, 0.1) is 0 Å². The SMILES string of the molecule is N/C(CCSC[13c]1cs[13c](N=[13C](N)N)n1)=N\S(N)(=O)=O. The summed E-state index contributed by atoms with van der Waals surface area (Å²) in [7, 11) is -3.92. The van der Waals surface area contributed by atoms with E-state index in [0.717, 1.165) is 5.69 Å². The predicted octanol–water partition coefficient (Wildman–Crippen LogP) is -0.768. The molecule has 20 heavy (non-hydrogen) atoms. The zero-order chi connectivity index (χ0) is 15.2. The molecule has 0 saturated carbocycles. The highest BCUT2D eigenvalue weighted by molar-refractivity contribution is 7.98. The number of guanidine groups is 1. The molecule has 0 aliphatic heterocycles. The third-order valence-electron chi connectivity index (χ3n) is 1.76. The van der Waals surface area contributed by atoms with Crippen LogP contribution in [0.1, 0.15) is 12.1 Å². The smallest absolute Gasteiger partial charge is 0.318 e. The van der Waals surface area contributed by atoms with Gasteiger partial charge < -0.3 is 17.2 Å². The normalized spacial score (nSPS) is 12.3. The van der Waals surface area contributed by atoms with E-state index in [2.05, 4.69) is 14.4 Å². The Balaban J connectivity index is 2.37. The van der Waals surface area contributed by atoms with Crippen molar-refractivity contribution >= 4 is 50.2 Å². The van der Waals surface area contributed by atoms with E-state index in [1.54, 1.807) is 0 Å². The Morgan fingerprint density at radius 1 is 1.40 bits per heavy atom. The Morgan fingerprint density at radius 2 is 2.10 bits per heavy atom. The maximum atomic E-state index is 10.6. The molecule has 0 bridgehead atoms. The lowest BCUT2D eigenvalue weighted by molar-refractivity contribution is 0.599. The highest BCUT2D eigenvalue weighted by atomic mass is 32.2. The van der Waals surface area contributed by atoms with E-state index in [9.17, 15) is 8.42 Å². The van der Waals surface area contributed by atoms with Crippen molar-refractivity contribution in [3.05, 3.63) is 11.1 Å². The standard InChI is InChI=1S/C8H15N7O2S3/c9-6(15-20(12,16)17)1-2-18-3-5-4-19-8(13-5)14-7(10)11/h4H,1-3H2,(H2,9,15)(H2,12,16,17)(H4,10,11,13,14)/i5+1,7+1,8+1. The first kappa shape index (κ1) is 16.7. The van der Waals surface area contributed by atoms with E-state index >= 15 is 0 Å². The Bertz CT molecular complexity index is 603. The number of aromatic nitrogens is 1. The number of rotatable bonds is 7. The van der Waals surface area contributed by atoms with Gasteiger partial charge in [-0.3, -0.25) is 0 Å². The summed E-state index contributed by atoms with van der Waals surface area (Å²) in [6.07, 6.45) is 0.325. The molecular formula is C8H15N7O2S3. The van der Waals surface area contributed by atoms with Crippen LogP contribution in [0.2, 0.25) is 0 Å². The van der Waals surface area contributed by atoms with Crippen molar-refractivity contribution in [1.82, 2.24) is 4.98 Å². The number of hydrogen-bond acceptors (Lipinski definition) is 6. The molecule has 0 aromatic carbocycles. The van der Waals surface area contributed by atoms with Crippen LogP contribution in [0.3, 0.4) is 0 Å². The lowest BCUT2D eigenvalue weighted by Gasteiger charge is -1.99. The number of thioether (sulfide) groups is 1. The van der Waals surface area contributed by atoms with Crippen molar-refractivity contribution in [2.45, 2.75) is 12.2 Å². The maximum Gasteiger partial charge on any atom is 0.318 e. The predicted molar refractivity (Wildman–Crippen MR) is 83.1 cm³/mol. The van der Waals surface area contributed by atoms with E-state index in [0.29, 0.717) is 23.1 Å². The van der Waals surface area contributed by atoms with Crippen molar-refractivity contribution in [1.29, 1.82) is 0 Å². The number of nitrogens with two attached hydrogens (primary N) is 4. The average Bonchev–Trinajstić information content (AvgIpc) is 2.68. The lowest BCUT2D eigenvalue weighted by atomic mass is 10.5. The van der Waals surface area contributed by atoms with Gasteiger partial charge in [-0.15, -0.1) is 15.7 Å². The van der Waals surface area contributed by atoms with Gasteiger partial charge in [-0.05, 0) is 0 Å². The first-order valence-corrected chi connectivity index (χ1v) is 8.79. The van der Waals surface area contributed by atoms with Gasteiger partial charge in [0.25, 0.3) is 0 Å². The van der Waals surface area contributed by atoms with Gasteiger partial charge in [-0.1, -0.05) is 0 Å². The fraction of sp³-hybridized carbons (Fsp3) is 0.375. The molecule has 0 saturated heterocycles. The fourth-order valence-corrected chi connectivity index (χ4v) is 3.17. The minimum Gasteiger partial charge on any atom is -0.386 e. The summed E-state index contributed by atoms with van der Waals surface area (Å²) in [5, 5.41) is 7.07. The van der Waals surface area contributed by atoms with Crippen LogP contribution in [0.15, 0.2) is 14.8 Å². The second-order valence-electron chi connectivity index (χ2n) is 3.56. The molecule has 1 aromatic rings. The molecular weight excluding hydrogens is 325 g/mol. The first-order valence-electron chi connectivity index (χ1n) is 5.25. The second-order valence-corrected chi connectivity index (χ2v) is 6.71. The molecule has 112 valence electrons. The number of amidine groups is 1. The molecule has 12 heteroatoms. The largest absolute Gasteiger partial charge is 0.386 e. The Hall–Kier alpha value is -1.37. The maximum absolute atomic E-state index is 10.6. The Morgan fingerprint density at radius 3 is 2.70 bits per heavy atom. The summed E-state index contributed by atoms with van der Waals surface area (Å²) >= 11 is 2.86. The summed E-state index contributed by atoms with van der Waals surface area (Å²) < 4.78 is 24.5. The Labute approximate surface area is 124 Å². The number of hydrogen-bond donors (Lipinski definition) is 4. The van der Waals surface area contributed by atoms with Gasteiger partial charge in [0.15, 0.2) is 5.96 Å². The van der Waals surface area contributed by atoms with Gasteiger partial charge in [-0.2, -0.15) is 25.2 Å². The molecule has 0 aliphatic carbocycles. The molecule has 1 rings (SSSR count). The van der Waals surface area contributed by atoms with E-state index in [1.165, 1.54) is 23.1 Å². The zero-order valence-electron chi connectivity index (χ0n) is 10.4. The third-order valence-corrected chi connectivity index (χ3v) is 4.03. The van der Waals surface area contributed by atoms with Crippen LogP contribution in [0.4, 0.5) is 5.13 Å². The first-order chi connectivity index (χ1) is 9.26. The monoisotopic (exact) mass is 340 g/mol. The van der Waals surface area contributed by atoms with Crippen molar-refractivity contribution in [2.75, 3.05) is 5.75 Å². The van der Waals surface area contributed by atoms with E-state index in [4.69, 9.17) is 22.3 Å². The van der Waals surface area contributed by atoms with Crippen LogP contribution >= 0.6 is 23.1 Å². The van der Waals surface area contributed by atoms with Crippen LogP contribution in [0.5, 0.6) is 0 Å². The highest BCUT2D eigenvalue weighted by Crippen LogP contribution is 2.21. The summed E-state index contributed by atoms with van der Waals surface area (Å²) in [5.41, 5.74) is 16.7. The van der Waals surface area contributed by atoms with Crippen molar-refractivity contribution < 1.29 is 8.42 Å². The highest BCUT2D eigenvalue weighted by Gasteiger charge is 2.04. The molecule has 0 atom stereocenters. The van der Waals surface area contributed by atoms with E-state index in [-0.39, 0.29) is 11.8 Å². The van der Waals surface area contributed by atoms with Gasteiger partial charge in [-0.25, -0.2) is 10.1 Å². The van der Waals surface area contributed by atoms with Crippen LogP contribution in [-0.4, -0.2) is 30.9 Å². The van der Waals surface area contributed by atoms with Gasteiger partial charge in [0.1, 0.15) is 5.84 Å².